The molecule has 2 rings (SSSR count). The standard InChI is InChI=1S/C17H27ClN2O.2ClH/c1-13(2)4-6-16(20-10-8-19-9-11-20)15-12-14(18)5-7-17(15)21-3;;/h5,7,12-13,16,19H,4,6,8-11H2,1-3H3;2*1H/t16-;;/m1../s1. The second kappa shape index (κ2) is 11.4. The van der Waals surface area contributed by atoms with Crippen molar-refractivity contribution in [2.75, 3.05) is 33.3 Å². The van der Waals surface area contributed by atoms with Gasteiger partial charge in [-0.25, -0.2) is 0 Å². The van der Waals surface area contributed by atoms with Crippen molar-refractivity contribution in [3.05, 3.63) is 28.8 Å². The van der Waals surface area contributed by atoms with E-state index in [2.05, 4.69) is 30.1 Å². The van der Waals surface area contributed by atoms with E-state index >= 15 is 0 Å². The van der Waals surface area contributed by atoms with Crippen LogP contribution < -0.4 is 10.1 Å². The van der Waals surface area contributed by atoms with Crippen LogP contribution in [0.25, 0.3) is 0 Å². The molecule has 1 aromatic carbocycles. The molecule has 134 valence electrons. The zero-order chi connectivity index (χ0) is 15.2. The Morgan fingerprint density at radius 3 is 2.39 bits per heavy atom. The van der Waals surface area contributed by atoms with Gasteiger partial charge >= 0.3 is 0 Å². The molecule has 1 N–H and O–H groups in total. The van der Waals surface area contributed by atoms with Crippen molar-refractivity contribution in [3.63, 3.8) is 0 Å². The van der Waals surface area contributed by atoms with Crippen molar-refractivity contribution in [3.8, 4) is 5.75 Å². The van der Waals surface area contributed by atoms with Crippen LogP contribution in [0.1, 0.15) is 38.3 Å². The number of ether oxygens (including phenoxy) is 1. The Morgan fingerprint density at radius 2 is 1.83 bits per heavy atom. The highest BCUT2D eigenvalue weighted by Gasteiger charge is 2.25. The summed E-state index contributed by atoms with van der Waals surface area (Å²) in [7, 11) is 1.74. The summed E-state index contributed by atoms with van der Waals surface area (Å²) >= 11 is 6.23. The fraction of sp³-hybridized carbons (Fsp3) is 0.647. The predicted molar refractivity (Wildman–Crippen MR) is 104 cm³/mol. The Labute approximate surface area is 157 Å². The van der Waals surface area contributed by atoms with Gasteiger partial charge in [-0.1, -0.05) is 25.4 Å². The number of piperazine rings is 1. The van der Waals surface area contributed by atoms with Crippen LogP contribution in [0, 0.1) is 5.92 Å². The number of methoxy groups -OCH3 is 1. The number of nitrogens with zero attached hydrogens (tertiary/aromatic N) is 1. The summed E-state index contributed by atoms with van der Waals surface area (Å²) in [5.74, 6) is 1.66. The van der Waals surface area contributed by atoms with E-state index in [4.69, 9.17) is 16.3 Å². The molecule has 0 amide bonds. The average Bonchev–Trinajstić information content (AvgIpc) is 2.48. The molecule has 0 saturated carbocycles. The number of benzene rings is 1. The van der Waals surface area contributed by atoms with Gasteiger partial charge in [-0.15, -0.1) is 24.8 Å². The summed E-state index contributed by atoms with van der Waals surface area (Å²) in [5, 5.41) is 4.21. The zero-order valence-corrected chi connectivity index (χ0v) is 16.6. The molecule has 1 aromatic rings. The van der Waals surface area contributed by atoms with Crippen molar-refractivity contribution in [2.24, 2.45) is 5.92 Å². The minimum Gasteiger partial charge on any atom is -0.496 e. The molecule has 23 heavy (non-hydrogen) atoms. The first kappa shape index (κ1) is 22.8. The fourth-order valence-corrected chi connectivity index (χ4v) is 3.17. The maximum atomic E-state index is 6.23. The van der Waals surface area contributed by atoms with E-state index < -0.39 is 0 Å². The molecule has 1 atom stereocenters. The molecule has 0 aromatic heterocycles. The Balaban J connectivity index is 0.00000242. The molecule has 1 aliphatic heterocycles. The van der Waals surface area contributed by atoms with Crippen molar-refractivity contribution in [2.45, 2.75) is 32.7 Å². The van der Waals surface area contributed by atoms with E-state index in [0.29, 0.717) is 12.0 Å². The average molecular weight is 384 g/mol. The van der Waals surface area contributed by atoms with Gasteiger partial charge in [0.05, 0.1) is 7.11 Å². The van der Waals surface area contributed by atoms with Crippen LogP contribution in [0.4, 0.5) is 0 Å². The first-order valence-corrected chi connectivity index (χ1v) is 8.27. The zero-order valence-electron chi connectivity index (χ0n) is 14.2. The lowest BCUT2D eigenvalue weighted by atomic mass is 9.95. The number of rotatable bonds is 6. The summed E-state index contributed by atoms with van der Waals surface area (Å²) in [6.07, 6.45) is 2.36. The highest BCUT2D eigenvalue weighted by atomic mass is 35.5. The number of nitrogens with one attached hydrogen (secondary N) is 1. The van der Waals surface area contributed by atoms with Crippen LogP contribution in [0.2, 0.25) is 5.02 Å². The smallest absolute Gasteiger partial charge is 0.123 e. The lowest BCUT2D eigenvalue weighted by Gasteiger charge is -2.36. The normalized spacial score (nSPS) is 16.4. The van der Waals surface area contributed by atoms with Gasteiger partial charge < -0.3 is 10.1 Å². The van der Waals surface area contributed by atoms with E-state index in [9.17, 15) is 0 Å². The maximum Gasteiger partial charge on any atom is 0.123 e. The third kappa shape index (κ3) is 6.67. The van der Waals surface area contributed by atoms with Gasteiger partial charge in [0, 0.05) is 42.8 Å². The second-order valence-corrected chi connectivity index (χ2v) is 6.60. The molecule has 1 fully saturated rings. The molecule has 1 saturated heterocycles. The molecule has 3 nitrogen and oxygen atoms in total. The van der Waals surface area contributed by atoms with Gasteiger partial charge in [0.25, 0.3) is 0 Å². The summed E-state index contributed by atoms with van der Waals surface area (Å²) in [6.45, 7) is 8.84. The van der Waals surface area contributed by atoms with Crippen molar-refractivity contribution in [1.82, 2.24) is 10.2 Å². The Bertz CT molecular complexity index is 451. The van der Waals surface area contributed by atoms with E-state index in [1.54, 1.807) is 7.11 Å². The van der Waals surface area contributed by atoms with Crippen molar-refractivity contribution in [1.29, 1.82) is 0 Å². The van der Waals surface area contributed by atoms with Crippen LogP contribution in [0.5, 0.6) is 5.75 Å². The highest BCUT2D eigenvalue weighted by Crippen LogP contribution is 2.35. The first-order chi connectivity index (χ1) is 10.1. The molecule has 1 heterocycles. The topological polar surface area (TPSA) is 24.5 Å². The van der Waals surface area contributed by atoms with Crippen molar-refractivity contribution < 1.29 is 4.74 Å². The van der Waals surface area contributed by atoms with E-state index in [1.165, 1.54) is 12.0 Å². The monoisotopic (exact) mass is 382 g/mol. The van der Waals surface area contributed by atoms with Crippen LogP contribution in [-0.2, 0) is 0 Å². The number of hydrogen-bond donors (Lipinski definition) is 1. The van der Waals surface area contributed by atoms with Gasteiger partial charge in [0.15, 0.2) is 0 Å². The largest absolute Gasteiger partial charge is 0.496 e. The van der Waals surface area contributed by atoms with Crippen LogP contribution in [0.3, 0.4) is 0 Å². The minimum absolute atomic E-state index is 0. The molecule has 0 aliphatic carbocycles. The SMILES string of the molecule is COc1ccc(Cl)cc1[C@@H](CCC(C)C)N1CCNCC1.Cl.Cl. The molecular formula is C17H29Cl3N2O. The van der Waals surface area contributed by atoms with Gasteiger partial charge in [-0.05, 0) is 37.0 Å². The first-order valence-electron chi connectivity index (χ1n) is 7.90. The quantitative estimate of drug-likeness (QED) is 0.778. The van der Waals surface area contributed by atoms with Crippen LogP contribution in [0.15, 0.2) is 18.2 Å². The van der Waals surface area contributed by atoms with Crippen LogP contribution in [-0.4, -0.2) is 38.2 Å². The Morgan fingerprint density at radius 1 is 1.17 bits per heavy atom. The van der Waals surface area contributed by atoms with Gasteiger partial charge in [0.2, 0.25) is 0 Å². The third-order valence-corrected chi connectivity index (χ3v) is 4.40. The van der Waals surface area contributed by atoms with E-state index in [1.807, 2.05) is 12.1 Å². The van der Waals surface area contributed by atoms with E-state index in [-0.39, 0.29) is 24.8 Å². The minimum atomic E-state index is 0. The van der Waals surface area contributed by atoms with Crippen molar-refractivity contribution >= 4 is 36.4 Å². The Kier molecular flexibility index (Phi) is 11.3. The number of hydrogen-bond acceptors (Lipinski definition) is 3. The van der Waals surface area contributed by atoms with Gasteiger partial charge in [0.1, 0.15) is 5.75 Å². The lowest BCUT2D eigenvalue weighted by molar-refractivity contribution is 0.157. The predicted octanol–water partition coefficient (Wildman–Crippen LogP) is 4.57. The van der Waals surface area contributed by atoms with Gasteiger partial charge in [-0.2, -0.15) is 0 Å². The van der Waals surface area contributed by atoms with Crippen LogP contribution >= 0.6 is 36.4 Å². The molecule has 0 unspecified atom stereocenters. The summed E-state index contributed by atoms with van der Waals surface area (Å²) < 4.78 is 5.58. The van der Waals surface area contributed by atoms with Gasteiger partial charge in [-0.3, -0.25) is 4.90 Å². The molecule has 0 spiro atoms. The molecular weight excluding hydrogens is 355 g/mol. The third-order valence-electron chi connectivity index (χ3n) is 4.16. The summed E-state index contributed by atoms with van der Waals surface area (Å²) in [4.78, 5) is 2.56. The lowest BCUT2D eigenvalue weighted by Crippen LogP contribution is -2.45. The highest BCUT2D eigenvalue weighted by molar-refractivity contribution is 6.30. The summed E-state index contributed by atoms with van der Waals surface area (Å²) in [6, 6.07) is 6.36. The second-order valence-electron chi connectivity index (χ2n) is 6.16. The molecule has 6 heteroatoms. The molecule has 0 radical (unpaired) electrons. The summed E-state index contributed by atoms with van der Waals surface area (Å²) in [5.41, 5.74) is 1.23. The molecule has 1 aliphatic rings. The van der Waals surface area contributed by atoms with E-state index in [0.717, 1.165) is 43.4 Å². The maximum absolute atomic E-state index is 6.23. The fourth-order valence-electron chi connectivity index (χ4n) is 2.99. The Hall–Kier alpha value is -0.190. The molecule has 0 bridgehead atoms. The number of halogens is 3.